The van der Waals surface area contributed by atoms with Crippen molar-refractivity contribution in [2.45, 2.75) is 0 Å². The molecule has 0 heterocycles. The summed E-state index contributed by atoms with van der Waals surface area (Å²) < 4.78 is 5.05. The molecule has 0 amide bonds. The molecule has 0 aliphatic heterocycles. The van der Waals surface area contributed by atoms with E-state index in [2.05, 4.69) is 72.8 Å². The monoisotopic (exact) mass is 371 g/mol. The van der Waals surface area contributed by atoms with Crippen LogP contribution in [0.15, 0.2) is 91.0 Å². The van der Waals surface area contributed by atoms with Crippen LogP contribution in [-0.4, -0.2) is 6.47 Å². The molecule has 135 valence electrons. The molecule has 1 radical (unpaired) electrons. The number of rotatable bonds is 2. The molecule has 0 atom stereocenters. The summed E-state index contributed by atoms with van der Waals surface area (Å²) in [6, 6.07) is 31.9. The maximum atomic E-state index is 10.7. The van der Waals surface area contributed by atoms with E-state index in [-0.39, 0.29) is 0 Å². The topological polar surface area (TPSA) is 26.3 Å². The second-order valence-corrected chi connectivity index (χ2v) is 7.46. The van der Waals surface area contributed by atoms with E-state index in [4.69, 9.17) is 4.74 Å². The van der Waals surface area contributed by atoms with Crippen molar-refractivity contribution in [2.75, 3.05) is 0 Å². The van der Waals surface area contributed by atoms with Crippen LogP contribution in [-0.2, 0) is 4.79 Å². The molecule has 0 fully saturated rings. The molecule has 0 saturated heterocycles. The number of ether oxygens (including phenoxy) is 1. The molecule has 6 rings (SSSR count). The van der Waals surface area contributed by atoms with Crippen LogP contribution >= 0.6 is 0 Å². The van der Waals surface area contributed by atoms with Crippen LogP contribution in [0, 0.1) is 0 Å². The van der Waals surface area contributed by atoms with Gasteiger partial charge < -0.3 is 4.74 Å². The van der Waals surface area contributed by atoms with Crippen molar-refractivity contribution in [1.29, 1.82) is 0 Å². The Morgan fingerprint density at radius 2 is 0.931 bits per heavy atom. The molecule has 0 aromatic heterocycles. The Morgan fingerprint density at radius 3 is 1.48 bits per heavy atom. The smallest absolute Gasteiger partial charge is 0.417 e. The standard InChI is InChI=1S/C27H15O2/c28-16-29-27-7-3-6-19-10-22-13-23-11-20-8-17-4-1-2-5-18(17)9-21(20)12-24(23)14-25(22)15-26(19)27/h1-15H. The molecule has 6 aromatic carbocycles. The predicted octanol–water partition coefficient (Wildman–Crippen LogP) is 6.90. The van der Waals surface area contributed by atoms with E-state index in [1.165, 1.54) is 38.8 Å². The molecular formula is C27H15O2. The number of hydrogen-bond acceptors (Lipinski definition) is 2. The first kappa shape index (κ1) is 16.1. The highest BCUT2D eigenvalue weighted by molar-refractivity contribution is 6.10. The third-order valence-corrected chi connectivity index (χ3v) is 5.72. The SMILES string of the molecule is O=[C]Oc1cccc2cc3cc4cc5cc6ccccc6cc5cc4cc3cc12. The summed E-state index contributed by atoms with van der Waals surface area (Å²) in [5.74, 6) is 0.532. The summed E-state index contributed by atoms with van der Waals surface area (Å²) in [7, 11) is 0. The maximum absolute atomic E-state index is 10.7. The molecule has 0 saturated carbocycles. The lowest BCUT2D eigenvalue weighted by Gasteiger charge is -2.09. The highest BCUT2D eigenvalue weighted by Crippen LogP contribution is 2.34. The van der Waals surface area contributed by atoms with Gasteiger partial charge in [-0.3, -0.25) is 0 Å². The normalized spacial score (nSPS) is 11.6. The van der Waals surface area contributed by atoms with Crippen molar-refractivity contribution in [3.05, 3.63) is 91.0 Å². The Labute approximate surface area is 166 Å². The zero-order valence-electron chi connectivity index (χ0n) is 15.5. The van der Waals surface area contributed by atoms with E-state index in [0.717, 1.165) is 21.5 Å². The second kappa shape index (κ2) is 6.05. The van der Waals surface area contributed by atoms with Gasteiger partial charge >= 0.3 is 6.47 Å². The van der Waals surface area contributed by atoms with Crippen LogP contribution < -0.4 is 4.74 Å². The van der Waals surface area contributed by atoms with Gasteiger partial charge in [0.15, 0.2) is 0 Å². The Bertz CT molecular complexity index is 1600. The van der Waals surface area contributed by atoms with Crippen LogP contribution in [0.25, 0.3) is 53.9 Å². The summed E-state index contributed by atoms with van der Waals surface area (Å²) >= 11 is 0. The summed E-state index contributed by atoms with van der Waals surface area (Å²) in [5.41, 5.74) is 0. The van der Waals surface area contributed by atoms with E-state index in [1.807, 2.05) is 12.1 Å². The zero-order valence-corrected chi connectivity index (χ0v) is 15.5. The molecule has 0 bridgehead atoms. The third kappa shape index (κ3) is 2.54. The molecule has 0 aliphatic carbocycles. The molecule has 2 nitrogen and oxygen atoms in total. The van der Waals surface area contributed by atoms with Crippen LogP contribution in [0.3, 0.4) is 0 Å². The van der Waals surface area contributed by atoms with Crippen LogP contribution in [0.4, 0.5) is 0 Å². The average Bonchev–Trinajstić information content (AvgIpc) is 2.74. The van der Waals surface area contributed by atoms with E-state index in [1.54, 1.807) is 6.07 Å². The fourth-order valence-electron chi connectivity index (χ4n) is 4.33. The molecule has 29 heavy (non-hydrogen) atoms. The van der Waals surface area contributed by atoms with Crippen molar-refractivity contribution in [3.63, 3.8) is 0 Å². The van der Waals surface area contributed by atoms with Crippen LogP contribution in [0.1, 0.15) is 0 Å². The fourth-order valence-corrected chi connectivity index (χ4v) is 4.33. The highest BCUT2D eigenvalue weighted by Gasteiger charge is 2.07. The van der Waals surface area contributed by atoms with Crippen molar-refractivity contribution >= 4 is 60.3 Å². The average molecular weight is 371 g/mol. The van der Waals surface area contributed by atoms with Gasteiger partial charge in [0.05, 0.1) is 0 Å². The lowest BCUT2D eigenvalue weighted by Crippen LogP contribution is -1.89. The summed E-state index contributed by atoms with van der Waals surface area (Å²) in [4.78, 5) is 10.7. The molecule has 6 aromatic rings. The summed E-state index contributed by atoms with van der Waals surface area (Å²) in [6.07, 6.45) is 0. The third-order valence-electron chi connectivity index (χ3n) is 5.72. The first-order chi connectivity index (χ1) is 14.3. The van der Waals surface area contributed by atoms with E-state index in [9.17, 15) is 4.79 Å². The number of carbonyl (C=O) groups excluding carboxylic acids is 1. The van der Waals surface area contributed by atoms with Crippen molar-refractivity contribution in [1.82, 2.24) is 0 Å². The van der Waals surface area contributed by atoms with E-state index in [0.29, 0.717) is 5.75 Å². The minimum atomic E-state index is 0.532. The van der Waals surface area contributed by atoms with Crippen molar-refractivity contribution in [2.24, 2.45) is 0 Å². The first-order valence-electron chi connectivity index (χ1n) is 9.55. The fraction of sp³-hybridized carbons (Fsp3) is 0. The quantitative estimate of drug-likeness (QED) is 0.310. The number of hydrogen-bond donors (Lipinski definition) is 0. The van der Waals surface area contributed by atoms with Crippen LogP contribution in [0.2, 0.25) is 0 Å². The lowest BCUT2D eigenvalue weighted by atomic mass is 9.96. The Hall–Kier alpha value is -3.91. The van der Waals surface area contributed by atoms with E-state index >= 15 is 0 Å². The summed E-state index contributed by atoms with van der Waals surface area (Å²) in [5, 5.41) is 11.6. The van der Waals surface area contributed by atoms with Gasteiger partial charge in [-0.2, -0.15) is 0 Å². The Morgan fingerprint density at radius 1 is 0.483 bits per heavy atom. The number of fused-ring (bicyclic) bond motifs is 5. The second-order valence-electron chi connectivity index (χ2n) is 7.46. The highest BCUT2D eigenvalue weighted by atomic mass is 16.5. The van der Waals surface area contributed by atoms with Gasteiger partial charge in [0.1, 0.15) is 5.75 Å². The van der Waals surface area contributed by atoms with Gasteiger partial charge in [0.2, 0.25) is 0 Å². The Kier molecular flexibility index (Phi) is 3.35. The van der Waals surface area contributed by atoms with Gasteiger partial charge in [-0.15, -0.1) is 0 Å². The zero-order chi connectivity index (χ0) is 19.4. The number of benzene rings is 6. The van der Waals surface area contributed by atoms with Gasteiger partial charge in [-0.25, -0.2) is 4.79 Å². The van der Waals surface area contributed by atoms with Gasteiger partial charge in [0.25, 0.3) is 0 Å². The minimum absolute atomic E-state index is 0.532. The maximum Gasteiger partial charge on any atom is 0.423 e. The molecule has 0 aliphatic rings. The Balaban J connectivity index is 1.66. The minimum Gasteiger partial charge on any atom is -0.417 e. The lowest BCUT2D eigenvalue weighted by molar-refractivity contribution is 0.445. The molecule has 0 N–H and O–H groups in total. The van der Waals surface area contributed by atoms with Gasteiger partial charge in [-0.1, -0.05) is 36.4 Å². The van der Waals surface area contributed by atoms with Crippen LogP contribution in [0.5, 0.6) is 5.75 Å². The van der Waals surface area contributed by atoms with Crippen molar-refractivity contribution < 1.29 is 9.53 Å². The van der Waals surface area contributed by atoms with Gasteiger partial charge in [-0.05, 0) is 103 Å². The van der Waals surface area contributed by atoms with E-state index < -0.39 is 0 Å². The predicted molar refractivity (Wildman–Crippen MR) is 120 cm³/mol. The van der Waals surface area contributed by atoms with Gasteiger partial charge in [0, 0.05) is 5.39 Å². The summed E-state index contributed by atoms with van der Waals surface area (Å²) in [6.45, 7) is 1.54. The largest absolute Gasteiger partial charge is 0.423 e. The molecule has 2 heteroatoms. The molecule has 0 spiro atoms. The molecule has 0 unspecified atom stereocenters. The first-order valence-corrected chi connectivity index (χ1v) is 9.55. The van der Waals surface area contributed by atoms with Crippen molar-refractivity contribution in [3.8, 4) is 5.75 Å². The molecular weight excluding hydrogens is 356 g/mol.